The summed E-state index contributed by atoms with van der Waals surface area (Å²) >= 11 is 5.02. The molecule has 2 unspecified atom stereocenters. The molecule has 0 aromatic heterocycles. The predicted octanol–water partition coefficient (Wildman–Crippen LogP) is 2.46. The third-order valence-electron chi connectivity index (χ3n) is 3.42. The largest absolute Gasteiger partial charge is 0.392 e. The van der Waals surface area contributed by atoms with Gasteiger partial charge in [-0.3, -0.25) is 4.79 Å². The zero-order chi connectivity index (χ0) is 14.4. The third kappa shape index (κ3) is 4.63. The van der Waals surface area contributed by atoms with Crippen LogP contribution in [-0.4, -0.2) is 17.4 Å². The number of amides is 1. The monoisotopic (exact) mass is 278 g/mol. The maximum absolute atomic E-state index is 12.2. The van der Waals surface area contributed by atoms with E-state index in [1.54, 1.807) is 0 Å². The molecule has 19 heavy (non-hydrogen) atoms. The van der Waals surface area contributed by atoms with Crippen LogP contribution in [0.5, 0.6) is 0 Å². The summed E-state index contributed by atoms with van der Waals surface area (Å²) in [5.74, 6) is 0.286. The highest BCUT2D eigenvalue weighted by Crippen LogP contribution is 2.16. The zero-order valence-corrected chi connectivity index (χ0v) is 12.5. The molecular weight excluding hydrogens is 256 g/mol. The lowest BCUT2D eigenvalue weighted by molar-refractivity contribution is -0.121. The van der Waals surface area contributed by atoms with Crippen LogP contribution in [0.4, 0.5) is 0 Å². The molecule has 4 heteroatoms. The van der Waals surface area contributed by atoms with Crippen molar-refractivity contribution in [3.63, 3.8) is 0 Å². The zero-order valence-electron chi connectivity index (χ0n) is 11.7. The number of rotatable bonds is 6. The molecule has 3 nitrogen and oxygen atoms in total. The van der Waals surface area contributed by atoms with Crippen molar-refractivity contribution in [2.24, 2.45) is 17.6 Å². The lowest BCUT2D eigenvalue weighted by atomic mass is 9.96. The Morgan fingerprint density at radius 2 is 1.84 bits per heavy atom. The molecule has 0 spiro atoms. The first-order valence-electron chi connectivity index (χ1n) is 6.55. The smallest absolute Gasteiger partial charge is 0.234 e. The summed E-state index contributed by atoms with van der Waals surface area (Å²) < 4.78 is 0. The van der Waals surface area contributed by atoms with Crippen LogP contribution in [0.3, 0.4) is 0 Å². The Kier molecular flexibility index (Phi) is 5.96. The number of nitrogens with two attached hydrogens (primary N) is 1. The van der Waals surface area contributed by atoms with Crippen molar-refractivity contribution < 1.29 is 4.79 Å². The van der Waals surface area contributed by atoms with Gasteiger partial charge < -0.3 is 11.1 Å². The van der Waals surface area contributed by atoms with E-state index >= 15 is 0 Å². The van der Waals surface area contributed by atoms with Gasteiger partial charge in [-0.05, 0) is 17.4 Å². The van der Waals surface area contributed by atoms with Crippen molar-refractivity contribution in [1.29, 1.82) is 0 Å². The van der Waals surface area contributed by atoms with Gasteiger partial charge >= 0.3 is 0 Å². The van der Waals surface area contributed by atoms with Gasteiger partial charge in [-0.25, -0.2) is 0 Å². The van der Waals surface area contributed by atoms with Gasteiger partial charge in [0, 0.05) is 6.54 Å². The highest BCUT2D eigenvalue weighted by molar-refractivity contribution is 7.80. The number of hydrogen-bond donors (Lipinski definition) is 2. The minimum Gasteiger partial charge on any atom is -0.392 e. The van der Waals surface area contributed by atoms with Crippen molar-refractivity contribution in [2.75, 3.05) is 6.54 Å². The molecule has 0 saturated carbocycles. The lowest BCUT2D eigenvalue weighted by Gasteiger charge is -2.20. The molecule has 0 aliphatic heterocycles. The topological polar surface area (TPSA) is 55.1 Å². The van der Waals surface area contributed by atoms with Gasteiger partial charge in [0.2, 0.25) is 5.91 Å². The minimum atomic E-state index is -0.546. The van der Waals surface area contributed by atoms with Gasteiger partial charge in [0.1, 0.15) is 5.92 Å². The highest BCUT2D eigenvalue weighted by atomic mass is 32.1. The Morgan fingerprint density at radius 1 is 1.26 bits per heavy atom. The van der Waals surface area contributed by atoms with Gasteiger partial charge in [0.05, 0.1) is 4.99 Å². The van der Waals surface area contributed by atoms with Crippen LogP contribution in [0.2, 0.25) is 0 Å². The fourth-order valence-electron chi connectivity index (χ4n) is 1.69. The second-order valence-corrected chi connectivity index (χ2v) is 5.68. The first kappa shape index (κ1) is 15.6. The molecule has 0 bridgehead atoms. The second kappa shape index (κ2) is 7.24. The van der Waals surface area contributed by atoms with Crippen LogP contribution in [-0.2, 0) is 4.79 Å². The van der Waals surface area contributed by atoms with Gasteiger partial charge in [-0.1, -0.05) is 63.3 Å². The molecule has 1 aromatic carbocycles. The SMILES string of the molecule is CC(C)C(C)CNC(=O)C(C(N)=S)c1ccccc1. The number of nitrogens with one attached hydrogen (secondary N) is 1. The molecule has 1 rings (SSSR count). The molecule has 0 heterocycles. The second-order valence-electron chi connectivity index (χ2n) is 5.21. The van der Waals surface area contributed by atoms with Crippen molar-refractivity contribution in [3.05, 3.63) is 35.9 Å². The summed E-state index contributed by atoms with van der Waals surface area (Å²) in [7, 11) is 0. The van der Waals surface area contributed by atoms with E-state index in [4.69, 9.17) is 18.0 Å². The number of carbonyl (C=O) groups excluding carboxylic acids is 1. The molecule has 0 radical (unpaired) electrons. The lowest BCUT2D eigenvalue weighted by Crippen LogP contribution is -2.38. The van der Waals surface area contributed by atoms with Crippen LogP contribution in [0, 0.1) is 11.8 Å². The number of benzene rings is 1. The fraction of sp³-hybridized carbons (Fsp3) is 0.467. The minimum absolute atomic E-state index is 0.119. The van der Waals surface area contributed by atoms with E-state index in [0.29, 0.717) is 18.4 Å². The molecular formula is C15H22N2OS. The predicted molar refractivity (Wildman–Crippen MR) is 83.0 cm³/mol. The maximum atomic E-state index is 12.2. The first-order chi connectivity index (χ1) is 8.93. The average molecular weight is 278 g/mol. The molecule has 2 atom stereocenters. The van der Waals surface area contributed by atoms with E-state index in [1.807, 2.05) is 30.3 Å². The van der Waals surface area contributed by atoms with Crippen LogP contribution in [0.15, 0.2) is 30.3 Å². The van der Waals surface area contributed by atoms with E-state index in [-0.39, 0.29) is 10.9 Å². The summed E-state index contributed by atoms with van der Waals surface area (Å²) in [5, 5.41) is 2.94. The standard InChI is InChI=1S/C15H22N2OS/c1-10(2)11(3)9-17-15(18)13(14(16)19)12-7-5-4-6-8-12/h4-8,10-11,13H,9H2,1-3H3,(H2,16,19)(H,17,18). The van der Waals surface area contributed by atoms with Crippen molar-refractivity contribution in [3.8, 4) is 0 Å². The molecule has 1 amide bonds. The van der Waals surface area contributed by atoms with Crippen LogP contribution in [0.25, 0.3) is 0 Å². The molecule has 1 aromatic rings. The van der Waals surface area contributed by atoms with E-state index in [1.165, 1.54) is 0 Å². The highest BCUT2D eigenvalue weighted by Gasteiger charge is 2.23. The van der Waals surface area contributed by atoms with Crippen LogP contribution < -0.4 is 11.1 Å². The summed E-state index contributed by atoms with van der Waals surface area (Å²) in [6.07, 6.45) is 0. The summed E-state index contributed by atoms with van der Waals surface area (Å²) in [5.41, 5.74) is 6.54. The van der Waals surface area contributed by atoms with E-state index in [9.17, 15) is 4.79 Å². The van der Waals surface area contributed by atoms with E-state index in [0.717, 1.165) is 5.56 Å². The van der Waals surface area contributed by atoms with Crippen molar-refractivity contribution >= 4 is 23.1 Å². The Balaban J connectivity index is 2.73. The Labute approximate surface area is 120 Å². The Bertz CT molecular complexity index is 431. The number of thiocarbonyl (C=S) groups is 1. The molecule has 0 fully saturated rings. The Morgan fingerprint density at radius 3 is 2.32 bits per heavy atom. The Hall–Kier alpha value is -1.42. The number of hydrogen-bond acceptors (Lipinski definition) is 2. The molecule has 0 aliphatic carbocycles. The molecule has 104 valence electrons. The van der Waals surface area contributed by atoms with Gasteiger partial charge in [-0.2, -0.15) is 0 Å². The van der Waals surface area contributed by atoms with Gasteiger partial charge in [0.25, 0.3) is 0 Å². The van der Waals surface area contributed by atoms with E-state index in [2.05, 4.69) is 26.1 Å². The summed E-state index contributed by atoms with van der Waals surface area (Å²) in [6.45, 7) is 7.03. The number of carbonyl (C=O) groups is 1. The normalized spacial score (nSPS) is 13.9. The van der Waals surface area contributed by atoms with Gasteiger partial charge in [-0.15, -0.1) is 0 Å². The van der Waals surface area contributed by atoms with Crippen LogP contribution in [0.1, 0.15) is 32.3 Å². The van der Waals surface area contributed by atoms with Gasteiger partial charge in [0.15, 0.2) is 0 Å². The third-order valence-corrected chi connectivity index (χ3v) is 3.65. The van der Waals surface area contributed by atoms with E-state index < -0.39 is 5.92 Å². The first-order valence-corrected chi connectivity index (χ1v) is 6.96. The fourth-order valence-corrected chi connectivity index (χ4v) is 1.93. The average Bonchev–Trinajstić information content (AvgIpc) is 2.36. The summed E-state index contributed by atoms with van der Waals surface area (Å²) in [6, 6.07) is 9.40. The molecule has 0 aliphatic rings. The van der Waals surface area contributed by atoms with Crippen molar-refractivity contribution in [1.82, 2.24) is 5.32 Å². The van der Waals surface area contributed by atoms with Crippen LogP contribution >= 0.6 is 12.2 Å². The molecule has 0 saturated heterocycles. The summed E-state index contributed by atoms with van der Waals surface area (Å²) in [4.78, 5) is 12.4. The maximum Gasteiger partial charge on any atom is 0.234 e. The quantitative estimate of drug-likeness (QED) is 0.786. The van der Waals surface area contributed by atoms with Crippen molar-refractivity contribution in [2.45, 2.75) is 26.7 Å². The molecule has 3 N–H and O–H groups in total.